The van der Waals surface area contributed by atoms with Gasteiger partial charge >= 0.3 is 0 Å². The summed E-state index contributed by atoms with van der Waals surface area (Å²) in [7, 11) is -1.78. The van der Waals surface area contributed by atoms with Crippen LogP contribution in [0.5, 0.6) is 0 Å². The Bertz CT molecular complexity index is 1210. The van der Waals surface area contributed by atoms with Gasteiger partial charge in [0.15, 0.2) is 5.52 Å². The van der Waals surface area contributed by atoms with Crippen LogP contribution in [0.15, 0.2) is 40.0 Å². The summed E-state index contributed by atoms with van der Waals surface area (Å²) in [6.45, 7) is 5.80. The molecule has 3 heterocycles. The molecule has 9 nitrogen and oxygen atoms in total. The van der Waals surface area contributed by atoms with E-state index in [-0.39, 0.29) is 5.56 Å². The van der Waals surface area contributed by atoms with Crippen molar-refractivity contribution in [3.63, 3.8) is 0 Å². The quantitative estimate of drug-likeness (QED) is 0.629. The molecule has 4 rings (SSSR count). The number of sulfonamides is 1. The largest absolute Gasteiger partial charge is 0.340 e. The van der Waals surface area contributed by atoms with E-state index >= 15 is 0 Å². The van der Waals surface area contributed by atoms with Crippen molar-refractivity contribution in [3.05, 3.63) is 46.4 Å². The van der Waals surface area contributed by atoms with Crippen LogP contribution < -0.4 is 10.5 Å². The Hall–Kier alpha value is -2.72. The van der Waals surface area contributed by atoms with Gasteiger partial charge in [0.2, 0.25) is 16.0 Å². The van der Waals surface area contributed by atoms with Crippen molar-refractivity contribution in [2.75, 3.05) is 31.1 Å². The van der Waals surface area contributed by atoms with Crippen LogP contribution in [-0.2, 0) is 23.6 Å². The number of fused-ring (bicyclic) bond motifs is 1. The fourth-order valence-corrected chi connectivity index (χ4v) is 5.24. The van der Waals surface area contributed by atoms with Crippen LogP contribution in [0, 0.1) is 6.92 Å². The molecule has 154 valence electrons. The number of hydrogen-bond acceptors (Lipinski definition) is 6. The Morgan fingerprint density at radius 2 is 1.72 bits per heavy atom. The molecule has 0 atom stereocenters. The molecule has 1 aromatic carbocycles. The number of benzene rings is 1. The minimum absolute atomic E-state index is 0.130. The molecule has 0 bridgehead atoms. The molecule has 0 radical (unpaired) electrons. The monoisotopic (exact) mass is 416 g/mol. The summed E-state index contributed by atoms with van der Waals surface area (Å²) in [4.78, 5) is 20.0. The van der Waals surface area contributed by atoms with Gasteiger partial charge in [-0.1, -0.05) is 18.2 Å². The molecule has 0 aliphatic carbocycles. The molecule has 0 saturated carbocycles. The average Bonchev–Trinajstić information content (AvgIpc) is 3.02. The maximum Gasteiger partial charge on any atom is 0.281 e. The summed E-state index contributed by atoms with van der Waals surface area (Å²) < 4.78 is 30.4. The third kappa shape index (κ3) is 3.22. The molecule has 10 heteroatoms. The normalized spacial score (nSPS) is 15.9. The molecule has 3 aromatic rings. The summed E-state index contributed by atoms with van der Waals surface area (Å²) >= 11 is 0. The summed E-state index contributed by atoms with van der Waals surface area (Å²) in [6.07, 6.45) is 0. The molecule has 0 amide bonds. The van der Waals surface area contributed by atoms with Gasteiger partial charge in [-0.15, -0.1) is 0 Å². The van der Waals surface area contributed by atoms with Gasteiger partial charge in [0, 0.05) is 39.8 Å². The average molecular weight is 417 g/mol. The van der Waals surface area contributed by atoms with Gasteiger partial charge in [0.05, 0.1) is 10.6 Å². The van der Waals surface area contributed by atoms with E-state index in [0.717, 1.165) is 0 Å². The summed E-state index contributed by atoms with van der Waals surface area (Å²) in [5.41, 5.74) is 1.65. The molecule has 0 spiro atoms. The highest BCUT2D eigenvalue weighted by atomic mass is 32.2. The fourth-order valence-electron chi connectivity index (χ4n) is 3.80. The standard InChI is InChI=1S/C19H24N6O3S/c1-4-25-18(26)17-16(14(2)21-22(17)3)20-19(25)23-10-12-24(13-11-23)29(27,28)15-8-6-5-7-9-15/h5-9H,4,10-13H2,1-3H3. The maximum absolute atomic E-state index is 13.0. The van der Waals surface area contributed by atoms with Gasteiger partial charge in [-0.2, -0.15) is 9.40 Å². The van der Waals surface area contributed by atoms with Crippen molar-refractivity contribution in [1.29, 1.82) is 0 Å². The predicted molar refractivity (Wildman–Crippen MR) is 111 cm³/mol. The topological polar surface area (TPSA) is 93.3 Å². The van der Waals surface area contributed by atoms with E-state index in [2.05, 4.69) is 5.10 Å². The van der Waals surface area contributed by atoms with Gasteiger partial charge < -0.3 is 4.90 Å². The Labute approximate surface area is 169 Å². The lowest BCUT2D eigenvalue weighted by Crippen LogP contribution is -2.50. The molecule has 1 saturated heterocycles. The number of aromatic nitrogens is 4. The third-order valence-electron chi connectivity index (χ3n) is 5.31. The van der Waals surface area contributed by atoms with E-state index < -0.39 is 10.0 Å². The van der Waals surface area contributed by atoms with E-state index in [1.54, 1.807) is 46.6 Å². The van der Waals surface area contributed by atoms with Crippen molar-refractivity contribution in [3.8, 4) is 0 Å². The smallest absolute Gasteiger partial charge is 0.281 e. The van der Waals surface area contributed by atoms with Crippen LogP contribution in [-0.4, -0.2) is 58.2 Å². The minimum Gasteiger partial charge on any atom is -0.340 e. The predicted octanol–water partition coefficient (Wildman–Crippen LogP) is 0.969. The molecule has 1 aliphatic heterocycles. The second-order valence-electron chi connectivity index (χ2n) is 7.07. The van der Waals surface area contributed by atoms with E-state index in [9.17, 15) is 13.2 Å². The molecule has 0 unspecified atom stereocenters. The first-order chi connectivity index (χ1) is 13.8. The van der Waals surface area contributed by atoms with Gasteiger partial charge in [0.1, 0.15) is 5.52 Å². The zero-order chi connectivity index (χ0) is 20.8. The Kier molecular flexibility index (Phi) is 4.91. The van der Waals surface area contributed by atoms with Gasteiger partial charge in [-0.05, 0) is 26.0 Å². The second kappa shape index (κ2) is 7.27. The lowest BCUT2D eigenvalue weighted by atomic mass is 10.3. The molecule has 2 aromatic heterocycles. The Morgan fingerprint density at radius 3 is 2.34 bits per heavy atom. The highest BCUT2D eigenvalue weighted by molar-refractivity contribution is 7.89. The van der Waals surface area contributed by atoms with Crippen molar-refractivity contribution >= 4 is 27.0 Å². The first kappa shape index (κ1) is 19.6. The van der Waals surface area contributed by atoms with Gasteiger partial charge in [-0.3, -0.25) is 14.0 Å². The Morgan fingerprint density at radius 1 is 1.07 bits per heavy atom. The Balaban J connectivity index is 1.65. The lowest BCUT2D eigenvalue weighted by molar-refractivity contribution is 0.380. The fraction of sp³-hybridized carbons (Fsp3) is 0.421. The van der Waals surface area contributed by atoms with Gasteiger partial charge in [0.25, 0.3) is 5.56 Å². The number of piperazine rings is 1. The molecular formula is C19H24N6O3S. The van der Waals surface area contributed by atoms with Crippen LogP contribution in [0.1, 0.15) is 12.6 Å². The van der Waals surface area contributed by atoms with Crippen LogP contribution in [0.25, 0.3) is 11.0 Å². The van der Waals surface area contributed by atoms with E-state index in [1.807, 2.05) is 18.7 Å². The van der Waals surface area contributed by atoms with E-state index in [0.29, 0.717) is 60.3 Å². The SMILES string of the molecule is CCn1c(N2CCN(S(=O)(=O)c3ccccc3)CC2)nc2c(C)nn(C)c2c1=O. The second-order valence-corrected chi connectivity index (χ2v) is 9.01. The minimum atomic E-state index is -3.53. The first-order valence-corrected chi connectivity index (χ1v) is 11.0. The van der Waals surface area contributed by atoms with Crippen LogP contribution >= 0.6 is 0 Å². The lowest BCUT2D eigenvalue weighted by Gasteiger charge is -2.35. The van der Waals surface area contributed by atoms with E-state index in [1.165, 1.54) is 4.31 Å². The van der Waals surface area contributed by atoms with Crippen molar-refractivity contribution in [2.45, 2.75) is 25.3 Å². The zero-order valence-electron chi connectivity index (χ0n) is 16.7. The zero-order valence-corrected chi connectivity index (χ0v) is 17.6. The summed E-state index contributed by atoms with van der Waals surface area (Å²) in [5, 5.41) is 4.33. The molecule has 1 aliphatic rings. The maximum atomic E-state index is 13.0. The highest BCUT2D eigenvalue weighted by Gasteiger charge is 2.30. The van der Waals surface area contributed by atoms with E-state index in [4.69, 9.17) is 4.98 Å². The first-order valence-electron chi connectivity index (χ1n) is 9.59. The molecule has 29 heavy (non-hydrogen) atoms. The van der Waals surface area contributed by atoms with Crippen LogP contribution in [0.4, 0.5) is 5.95 Å². The third-order valence-corrected chi connectivity index (χ3v) is 7.22. The van der Waals surface area contributed by atoms with Crippen molar-refractivity contribution < 1.29 is 8.42 Å². The van der Waals surface area contributed by atoms with Crippen LogP contribution in [0.3, 0.4) is 0 Å². The summed E-state index contributed by atoms with van der Waals surface area (Å²) in [6, 6.07) is 8.45. The highest BCUT2D eigenvalue weighted by Crippen LogP contribution is 2.22. The number of aryl methyl sites for hydroxylation is 2. The summed E-state index contributed by atoms with van der Waals surface area (Å²) in [5.74, 6) is 0.567. The molecule has 1 fully saturated rings. The van der Waals surface area contributed by atoms with Crippen molar-refractivity contribution in [2.24, 2.45) is 7.05 Å². The molecular weight excluding hydrogens is 392 g/mol. The number of anilines is 1. The number of rotatable bonds is 4. The van der Waals surface area contributed by atoms with Crippen molar-refractivity contribution in [1.82, 2.24) is 23.6 Å². The molecule has 0 N–H and O–H groups in total. The van der Waals surface area contributed by atoms with Crippen LogP contribution in [0.2, 0.25) is 0 Å². The number of hydrogen-bond donors (Lipinski definition) is 0. The number of nitrogens with zero attached hydrogens (tertiary/aromatic N) is 6. The van der Waals surface area contributed by atoms with Gasteiger partial charge in [-0.25, -0.2) is 13.4 Å².